The van der Waals surface area contributed by atoms with Crippen LogP contribution in [-0.2, 0) is 9.53 Å². The van der Waals surface area contributed by atoms with Gasteiger partial charge in [-0.25, -0.2) is 4.39 Å². The zero-order valence-electron chi connectivity index (χ0n) is 17.6. The maximum absolute atomic E-state index is 13.3. The molecule has 0 unspecified atom stereocenters. The van der Waals surface area contributed by atoms with Crippen molar-refractivity contribution in [3.8, 4) is 5.69 Å². The first-order chi connectivity index (χ1) is 15.4. The van der Waals surface area contributed by atoms with Gasteiger partial charge in [0.25, 0.3) is 5.91 Å². The lowest BCUT2D eigenvalue weighted by molar-refractivity contribution is -0.114. The van der Waals surface area contributed by atoms with Crippen LogP contribution in [0, 0.1) is 25.1 Å². The summed E-state index contributed by atoms with van der Waals surface area (Å²) in [4.78, 5) is 19.0. The molecule has 3 aliphatic rings. The van der Waals surface area contributed by atoms with Crippen LogP contribution < -0.4 is 0 Å². The number of fused-ring (bicyclic) bond motifs is 1. The van der Waals surface area contributed by atoms with Crippen molar-refractivity contribution >= 4 is 39.9 Å². The molecule has 1 aromatic heterocycles. The Hall–Kier alpha value is -3.24. The minimum absolute atomic E-state index is 0.00217. The second kappa shape index (κ2) is 8.03. The van der Waals surface area contributed by atoms with E-state index in [0.717, 1.165) is 27.8 Å². The number of aromatic nitrogens is 1. The summed E-state index contributed by atoms with van der Waals surface area (Å²) in [5.41, 5.74) is 3.62. The highest BCUT2D eigenvalue weighted by Gasteiger charge is 2.37. The number of hydrazone groups is 1. The number of halogens is 1. The summed E-state index contributed by atoms with van der Waals surface area (Å²) in [6.45, 7) is 6.54. The number of hydrogen-bond acceptors (Lipinski definition) is 6. The molecular weight excluding hydrogens is 431 g/mol. The summed E-state index contributed by atoms with van der Waals surface area (Å²) in [5, 5.41) is 15.7. The van der Waals surface area contributed by atoms with Gasteiger partial charge >= 0.3 is 0 Å². The van der Waals surface area contributed by atoms with Gasteiger partial charge in [-0.3, -0.25) is 10.2 Å². The standard InChI is InChI=1S/C22H21FN6O2S/c1-13-11-15(14(2)28(13)17-5-3-16(23)4-6-17)12-18-19(24)29-21(25-20(18)30)32-22(26-29)27-7-9-31-10-8-27/h3-6,11-12,24H,7-10H2,1-2H3/b18-12-,24-19?. The Labute approximate surface area is 188 Å². The van der Waals surface area contributed by atoms with Gasteiger partial charge in [-0.05, 0) is 67.6 Å². The normalized spacial score (nSPS) is 20.0. The number of nitrogens with zero attached hydrogens (tertiary/aromatic N) is 5. The van der Waals surface area contributed by atoms with Crippen LogP contribution in [0.2, 0.25) is 0 Å². The van der Waals surface area contributed by atoms with Crippen molar-refractivity contribution in [2.75, 3.05) is 26.3 Å². The van der Waals surface area contributed by atoms with Gasteiger partial charge in [0.1, 0.15) is 5.82 Å². The summed E-state index contributed by atoms with van der Waals surface area (Å²) < 4.78 is 20.7. The average molecular weight is 453 g/mol. The molecule has 0 atom stereocenters. The van der Waals surface area contributed by atoms with Crippen LogP contribution in [-0.4, -0.2) is 62.9 Å². The van der Waals surface area contributed by atoms with Gasteiger partial charge in [0, 0.05) is 30.2 Å². The lowest BCUT2D eigenvalue weighted by atomic mass is 10.1. The first-order valence-electron chi connectivity index (χ1n) is 10.2. The number of rotatable bonds is 2. The van der Waals surface area contributed by atoms with Crippen molar-refractivity contribution < 1.29 is 13.9 Å². The molecule has 0 bridgehead atoms. The lowest BCUT2D eigenvalue weighted by Crippen LogP contribution is -2.39. The Morgan fingerprint density at radius 3 is 2.59 bits per heavy atom. The number of nitrogens with one attached hydrogen (secondary N) is 1. The summed E-state index contributed by atoms with van der Waals surface area (Å²) in [7, 11) is 0. The first-order valence-corrected chi connectivity index (χ1v) is 11.0. The van der Waals surface area contributed by atoms with E-state index in [-0.39, 0.29) is 17.2 Å². The zero-order valence-corrected chi connectivity index (χ0v) is 18.4. The van der Waals surface area contributed by atoms with E-state index in [9.17, 15) is 9.18 Å². The van der Waals surface area contributed by atoms with Gasteiger partial charge in [0.2, 0.25) is 5.17 Å². The van der Waals surface area contributed by atoms with Crippen molar-refractivity contribution in [3.05, 3.63) is 58.7 Å². The minimum Gasteiger partial charge on any atom is -0.378 e. The minimum atomic E-state index is -0.459. The number of hydrogen-bond donors (Lipinski definition) is 1. The predicted octanol–water partition coefficient (Wildman–Crippen LogP) is 3.14. The lowest BCUT2D eigenvalue weighted by Gasteiger charge is -2.26. The summed E-state index contributed by atoms with van der Waals surface area (Å²) in [5.74, 6) is -0.755. The monoisotopic (exact) mass is 452 g/mol. The largest absolute Gasteiger partial charge is 0.378 e. The highest BCUT2D eigenvalue weighted by atomic mass is 32.2. The van der Waals surface area contributed by atoms with E-state index >= 15 is 0 Å². The molecule has 0 radical (unpaired) electrons. The van der Waals surface area contributed by atoms with Gasteiger partial charge < -0.3 is 14.2 Å². The predicted molar refractivity (Wildman–Crippen MR) is 123 cm³/mol. The van der Waals surface area contributed by atoms with E-state index in [1.54, 1.807) is 18.2 Å². The number of aliphatic imine (C=N–C) groups is 1. The summed E-state index contributed by atoms with van der Waals surface area (Å²) in [6, 6.07) is 8.18. The fraction of sp³-hybridized carbons (Fsp3) is 0.273. The molecule has 3 aliphatic heterocycles. The van der Waals surface area contributed by atoms with Crippen molar-refractivity contribution in [1.29, 1.82) is 5.41 Å². The smallest absolute Gasteiger partial charge is 0.283 e. The van der Waals surface area contributed by atoms with Gasteiger partial charge in [0.15, 0.2) is 11.0 Å². The van der Waals surface area contributed by atoms with Crippen LogP contribution in [0.5, 0.6) is 0 Å². The molecule has 0 aliphatic carbocycles. The van der Waals surface area contributed by atoms with Crippen LogP contribution in [0.4, 0.5) is 4.39 Å². The van der Waals surface area contributed by atoms with Gasteiger partial charge in [-0.15, -0.1) is 5.10 Å². The summed E-state index contributed by atoms with van der Waals surface area (Å²) in [6.07, 6.45) is 1.68. The fourth-order valence-corrected chi connectivity index (χ4v) is 4.89. The SMILES string of the molecule is Cc1cc(/C=C2/C(=N)N3N=C(N4CCOCC4)SC3=NC2=O)c(C)n1-c1ccc(F)cc1. The Bertz CT molecular complexity index is 1210. The highest BCUT2D eigenvalue weighted by Crippen LogP contribution is 2.31. The number of carbonyl (C=O) groups is 1. The molecule has 0 spiro atoms. The molecule has 2 aromatic rings. The first kappa shape index (κ1) is 20.7. The second-order valence-electron chi connectivity index (χ2n) is 7.64. The van der Waals surface area contributed by atoms with Crippen LogP contribution in [0.3, 0.4) is 0 Å². The number of morpholine rings is 1. The van der Waals surface area contributed by atoms with Gasteiger partial charge in [-0.1, -0.05) is 0 Å². The highest BCUT2D eigenvalue weighted by molar-refractivity contribution is 8.26. The van der Waals surface area contributed by atoms with Crippen molar-refractivity contribution in [2.45, 2.75) is 13.8 Å². The molecule has 164 valence electrons. The topological polar surface area (TPSA) is 86.3 Å². The van der Waals surface area contributed by atoms with E-state index in [1.165, 1.54) is 28.9 Å². The Morgan fingerprint density at radius 1 is 1.16 bits per heavy atom. The van der Waals surface area contributed by atoms with Crippen molar-refractivity contribution in [2.24, 2.45) is 10.1 Å². The molecule has 4 heterocycles. The fourth-order valence-electron chi connectivity index (χ4n) is 3.94. The summed E-state index contributed by atoms with van der Waals surface area (Å²) >= 11 is 1.30. The average Bonchev–Trinajstić information content (AvgIpc) is 3.33. The second-order valence-corrected chi connectivity index (χ2v) is 8.57. The van der Waals surface area contributed by atoms with Gasteiger partial charge in [-0.2, -0.15) is 10.0 Å². The third kappa shape index (κ3) is 3.55. The molecule has 1 fully saturated rings. The quantitative estimate of drug-likeness (QED) is 0.708. The molecule has 5 rings (SSSR count). The van der Waals surface area contributed by atoms with E-state index < -0.39 is 5.91 Å². The maximum atomic E-state index is 13.3. The number of aryl methyl sites for hydroxylation is 1. The number of amides is 1. The zero-order chi connectivity index (χ0) is 22.4. The Morgan fingerprint density at radius 2 is 1.88 bits per heavy atom. The molecule has 1 amide bonds. The third-order valence-electron chi connectivity index (χ3n) is 5.58. The van der Waals surface area contributed by atoms with Crippen molar-refractivity contribution in [3.63, 3.8) is 0 Å². The molecule has 1 aromatic carbocycles. The van der Waals surface area contributed by atoms with Gasteiger partial charge in [0.05, 0.1) is 18.8 Å². The Balaban J connectivity index is 1.47. The van der Waals surface area contributed by atoms with E-state index in [2.05, 4.69) is 15.0 Å². The van der Waals surface area contributed by atoms with E-state index in [1.807, 2.05) is 24.5 Å². The molecule has 0 saturated carbocycles. The molecule has 32 heavy (non-hydrogen) atoms. The van der Waals surface area contributed by atoms with Crippen molar-refractivity contribution in [1.82, 2.24) is 14.5 Å². The third-order valence-corrected chi connectivity index (χ3v) is 6.55. The Kier molecular flexibility index (Phi) is 5.18. The number of ether oxygens (including phenoxy) is 1. The molecule has 1 saturated heterocycles. The number of benzene rings is 1. The van der Waals surface area contributed by atoms with E-state index in [4.69, 9.17) is 10.1 Å². The number of amidine groups is 3. The number of thioether (sulfide) groups is 1. The van der Waals surface area contributed by atoms with Crippen LogP contribution >= 0.6 is 11.8 Å². The molecule has 1 N–H and O–H groups in total. The van der Waals surface area contributed by atoms with Crippen LogP contribution in [0.25, 0.3) is 11.8 Å². The maximum Gasteiger partial charge on any atom is 0.283 e. The molecule has 8 nitrogen and oxygen atoms in total. The van der Waals surface area contributed by atoms with Crippen LogP contribution in [0.15, 0.2) is 46.0 Å². The van der Waals surface area contributed by atoms with Crippen LogP contribution in [0.1, 0.15) is 17.0 Å². The van der Waals surface area contributed by atoms with E-state index in [0.29, 0.717) is 31.5 Å². The molecule has 10 heteroatoms. The molecular formula is C22H21FN6O2S. The number of carbonyl (C=O) groups excluding carboxylic acids is 1.